The molecule has 0 aliphatic carbocycles. The largest absolute Gasteiger partial charge is 0.314 e. The number of hydrogen-bond acceptors (Lipinski definition) is 4. The Morgan fingerprint density at radius 1 is 1.07 bits per heavy atom. The highest BCUT2D eigenvalue weighted by atomic mass is 32.2. The van der Waals surface area contributed by atoms with Crippen LogP contribution < -0.4 is 4.90 Å². The molecular weight excluding hydrogens is 388 g/mol. The summed E-state index contributed by atoms with van der Waals surface area (Å²) in [5.74, 6) is -0.323. The van der Waals surface area contributed by atoms with E-state index in [9.17, 15) is 18.0 Å². The van der Waals surface area contributed by atoms with Crippen LogP contribution in [-0.4, -0.2) is 44.6 Å². The highest BCUT2D eigenvalue weighted by Gasteiger charge is 2.47. The molecule has 0 bridgehead atoms. The van der Waals surface area contributed by atoms with Gasteiger partial charge in [0.2, 0.25) is 15.9 Å². The van der Waals surface area contributed by atoms with E-state index in [1.54, 1.807) is 55.3 Å². The minimum absolute atomic E-state index is 0.0121. The number of amides is 1. The summed E-state index contributed by atoms with van der Waals surface area (Å²) < 4.78 is 26.9. The summed E-state index contributed by atoms with van der Waals surface area (Å²) in [4.78, 5) is 27.7. The molecule has 150 valence electrons. The van der Waals surface area contributed by atoms with Crippen molar-refractivity contribution in [2.75, 3.05) is 25.0 Å². The number of Topliss-reactive ketones (excluding diaryl/α,β-unsaturated/α-hetero) is 1. The number of carbonyl (C=O) groups is 2. The molecule has 4 rings (SSSR count). The van der Waals surface area contributed by atoms with Crippen molar-refractivity contribution >= 4 is 27.4 Å². The van der Waals surface area contributed by atoms with Gasteiger partial charge in [-0.3, -0.25) is 9.59 Å². The maximum absolute atomic E-state index is 13.0. The quantitative estimate of drug-likeness (QED) is 0.759. The molecule has 0 N–H and O–H groups in total. The van der Waals surface area contributed by atoms with Crippen LogP contribution >= 0.6 is 0 Å². The minimum atomic E-state index is -3.66. The number of anilines is 1. The van der Waals surface area contributed by atoms with E-state index >= 15 is 0 Å². The molecule has 0 spiro atoms. The van der Waals surface area contributed by atoms with Crippen LogP contribution in [0.5, 0.6) is 0 Å². The van der Waals surface area contributed by atoms with E-state index in [2.05, 4.69) is 0 Å². The van der Waals surface area contributed by atoms with Crippen molar-refractivity contribution in [3.63, 3.8) is 0 Å². The number of sulfonamides is 1. The third kappa shape index (κ3) is 3.10. The Kier molecular flexibility index (Phi) is 4.67. The standard InChI is InChI=1S/C22H22N2O4S/c1-22(18-10-6-7-11-19(18)23(2)21(22)26)14-20(25)16-12-13-24(15-16)29(27,28)17-8-4-3-5-9-17/h3-12H,13-15H2,1-2H3. The predicted molar refractivity (Wildman–Crippen MR) is 110 cm³/mol. The number of benzene rings is 2. The van der Waals surface area contributed by atoms with Crippen molar-refractivity contribution in [1.29, 1.82) is 0 Å². The summed E-state index contributed by atoms with van der Waals surface area (Å²) in [7, 11) is -1.95. The molecule has 2 aliphatic heterocycles. The first-order chi connectivity index (χ1) is 13.7. The average Bonchev–Trinajstić information content (AvgIpc) is 3.30. The number of hydrogen-bond donors (Lipinski definition) is 0. The number of para-hydroxylation sites is 1. The SMILES string of the molecule is CN1C(=O)C(C)(CC(=O)C2=CCN(S(=O)(=O)c3ccccc3)C2)c2ccccc21. The lowest BCUT2D eigenvalue weighted by molar-refractivity contribution is -0.126. The summed E-state index contributed by atoms with van der Waals surface area (Å²) in [6.45, 7) is 1.96. The van der Waals surface area contributed by atoms with E-state index in [0.29, 0.717) is 5.57 Å². The molecule has 2 aliphatic rings. The average molecular weight is 410 g/mol. The van der Waals surface area contributed by atoms with Crippen LogP contribution in [0, 0.1) is 0 Å². The van der Waals surface area contributed by atoms with Crippen LogP contribution in [0.4, 0.5) is 5.69 Å². The summed E-state index contributed by atoms with van der Waals surface area (Å²) >= 11 is 0. The molecule has 7 heteroatoms. The number of carbonyl (C=O) groups excluding carboxylic acids is 2. The van der Waals surface area contributed by atoms with Gasteiger partial charge in [-0.15, -0.1) is 0 Å². The van der Waals surface area contributed by atoms with E-state index in [0.717, 1.165) is 11.3 Å². The van der Waals surface area contributed by atoms with Gasteiger partial charge in [0, 0.05) is 37.8 Å². The molecule has 1 unspecified atom stereocenters. The number of ketones is 1. The lowest BCUT2D eigenvalue weighted by atomic mass is 9.78. The zero-order valence-electron chi connectivity index (χ0n) is 16.3. The van der Waals surface area contributed by atoms with Crippen LogP contribution in [0.3, 0.4) is 0 Å². The predicted octanol–water partition coefficient (Wildman–Crippen LogP) is 2.51. The summed E-state index contributed by atoms with van der Waals surface area (Å²) in [5, 5.41) is 0. The molecule has 2 aromatic carbocycles. The first-order valence-corrected chi connectivity index (χ1v) is 10.8. The van der Waals surface area contributed by atoms with Gasteiger partial charge in [0.1, 0.15) is 0 Å². The molecule has 1 atom stereocenters. The van der Waals surface area contributed by atoms with Gasteiger partial charge in [0.05, 0.1) is 10.3 Å². The smallest absolute Gasteiger partial charge is 0.243 e. The summed E-state index contributed by atoms with van der Waals surface area (Å²) in [6.07, 6.45) is 1.67. The van der Waals surface area contributed by atoms with Gasteiger partial charge in [0.25, 0.3) is 0 Å². The second-order valence-electron chi connectivity index (χ2n) is 7.65. The Hall–Kier alpha value is -2.77. The van der Waals surface area contributed by atoms with Gasteiger partial charge in [0.15, 0.2) is 5.78 Å². The van der Waals surface area contributed by atoms with Crippen molar-refractivity contribution in [3.05, 3.63) is 71.8 Å². The second kappa shape index (κ2) is 6.93. The zero-order chi connectivity index (χ0) is 20.8. The zero-order valence-corrected chi connectivity index (χ0v) is 17.1. The van der Waals surface area contributed by atoms with Crippen LogP contribution in [-0.2, 0) is 25.0 Å². The fourth-order valence-electron chi connectivity index (χ4n) is 4.09. The van der Waals surface area contributed by atoms with Crippen molar-refractivity contribution in [2.45, 2.75) is 23.7 Å². The van der Waals surface area contributed by atoms with Gasteiger partial charge >= 0.3 is 0 Å². The number of fused-ring (bicyclic) bond motifs is 1. The number of nitrogens with zero attached hydrogens (tertiary/aromatic N) is 2. The Labute approximate surface area is 170 Å². The highest BCUT2D eigenvalue weighted by Crippen LogP contribution is 2.43. The summed E-state index contributed by atoms with van der Waals surface area (Å²) in [6, 6.07) is 15.6. The summed E-state index contributed by atoms with van der Waals surface area (Å²) in [5.41, 5.74) is 1.12. The second-order valence-corrected chi connectivity index (χ2v) is 9.59. The molecule has 1 amide bonds. The number of likely N-dealkylation sites (N-methyl/N-ethyl adjacent to an activating group) is 1. The third-order valence-corrected chi connectivity index (χ3v) is 7.60. The maximum atomic E-state index is 13.0. The van der Waals surface area contributed by atoms with Crippen molar-refractivity contribution in [1.82, 2.24) is 4.31 Å². The molecule has 0 saturated carbocycles. The fourth-order valence-corrected chi connectivity index (χ4v) is 5.47. The molecule has 0 aromatic heterocycles. The number of rotatable bonds is 5. The van der Waals surface area contributed by atoms with Crippen molar-refractivity contribution in [3.8, 4) is 0 Å². The highest BCUT2D eigenvalue weighted by molar-refractivity contribution is 7.89. The van der Waals surface area contributed by atoms with Gasteiger partial charge in [-0.05, 0) is 30.7 Å². The van der Waals surface area contributed by atoms with Crippen LogP contribution in [0.1, 0.15) is 18.9 Å². The minimum Gasteiger partial charge on any atom is -0.314 e. The van der Waals surface area contributed by atoms with Gasteiger partial charge in [-0.1, -0.05) is 42.5 Å². The fraction of sp³-hybridized carbons (Fsp3) is 0.273. The van der Waals surface area contributed by atoms with E-state index < -0.39 is 15.4 Å². The van der Waals surface area contributed by atoms with Gasteiger partial charge in [-0.2, -0.15) is 4.31 Å². The van der Waals surface area contributed by atoms with Crippen LogP contribution in [0.25, 0.3) is 0 Å². The molecule has 0 fully saturated rings. The third-order valence-electron chi connectivity index (χ3n) is 5.78. The maximum Gasteiger partial charge on any atom is 0.243 e. The lowest BCUT2D eigenvalue weighted by Crippen LogP contribution is -2.38. The molecule has 2 aromatic rings. The Morgan fingerprint density at radius 2 is 1.72 bits per heavy atom. The van der Waals surface area contributed by atoms with E-state index in [-0.39, 0.29) is 36.1 Å². The molecule has 29 heavy (non-hydrogen) atoms. The van der Waals surface area contributed by atoms with Crippen LogP contribution in [0.15, 0.2) is 71.1 Å². The van der Waals surface area contributed by atoms with E-state index in [1.807, 2.05) is 24.3 Å². The lowest BCUT2D eigenvalue weighted by Gasteiger charge is -2.23. The van der Waals surface area contributed by atoms with Gasteiger partial charge < -0.3 is 4.90 Å². The van der Waals surface area contributed by atoms with Gasteiger partial charge in [-0.25, -0.2) is 8.42 Å². The molecule has 0 saturated heterocycles. The van der Waals surface area contributed by atoms with E-state index in [4.69, 9.17) is 0 Å². The molecular formula is C22H22N2O4S. The monoisotopic (exact) mass is 410 g/mol. The van der Waals surface area contributed by atoms with Crippen LogP contribution in [0.2, 0.25) is 0 Å². The topological polar surface area (TPSA) is 74.8 Å². The normalized spacial score (nSPS) is 21.9. The van der Waals surface area contributed by atoms with Crippen molar-refractivity contribution < 1.29 is 18.0 Å². The molecule has 6 nitrogen and oxygen atoms in total. The Balaban J connectivity index is 1.53. The van der Waals surface area contributed by atoms with Crippen molar-refractivity contribution in [2.24, 2.45) is 0 Å². The molecule has 2 heterocycles. The first kappa shape index (κ1) is 19.5. The Morgan fingerprint density at radius 3 is 2.45 bits per heavy atom. The first-order valence-electron chi connectivity index (χ1n) is 9.40. The van der Waals surface area contributed by atoms with E-state index in [1.165, 1.54) is 4.31 Å². The Bertz CT molecular complexity index is 1120. The molecule has 0 radical (unpaired) electrons.